The van der Waals surface area contributed by atoms with Crippen LogP contribution in [0.4, 0.5) is 0 Å². The van der Waals surface area contributed by atoms with Crippen molar-refractivity contribution in [3.63, 3.8) is 0 Å². The van der Waals surface area contributed by atoms with E-state index in [1.165, 1.54) is 0 Å². The SMILES string of the molecule is C.C.CC.CC.CC1[CH-]C2C(=O)C([C-]=O)=C3CCCCN3C2[CH-]1.CC1[CH-]C2C(=O)C([C-]=O)=C3CCCN3C2[CH-]1.[3HH].[3HH].[U].[U].[V].[V].[Y].[Y]. The molecule has 0 amide bonds. The van der Waals surface area contributed by atoms with Gasteiger partial charge in [0.1, 0.15) is 0 Å². The molecule has 0 spiro atoms. The maximum absolute atomic E-state index is 12.2. The molecule has 6 unspecified atom stereocenters. The summed E-state index contributed by atoms with van der Waals surface area (Å²) in [7, 11) is 0. The van der Waals surface area contributed by atoms with Crippen molar-refractivity contribution in [2.45, 2.75) is 101 Å². The van der Waals surface area contributed by atoms with Crippen molar-refractivity contribution in [2.24, 2.45) is 23.7 Å². The number of hydrogen-bond acceptors (Lipinski definition) is 6. The molecule has 0 bridgehead atoms. The van der Waals surface area contributed by atoms with Crippen LogP contribution in [0.5, 0.6) is 0 Å². The van der Waals surface area contributed by atoms with Crippen molar-refractivity contribution in [1.82, 2.24) is 9.80 Å². The third kappa shape index (κ3) is 13.6. The first-order chi connectivity index (χ1) is 17.9. The summed E-state index contributed by atoms with van der Waals surface area (Å²) in [4.78, 5) is 50.8. The number of rotatable bonds is 2. The third-order valence-electron chi connectivity index (χ3n) is 7.93. The predicted octanol–water partition coefficient (Wildman–Crippen LogP) is 6.34. The van der Waals surface area contributed by atoms with Gasteiger partial charge in [-0.05, 0) is 12.8 Å². The smallest absolute Gasteiger partial charge is 0.0677 e. The zero-order valence-electron chi connectivity index (χ0n) is 26.3. The van der Waals surface area contributed by atoms with E-state index in [0.29, 0.717) is 23.0 Å². The molecular formula is C33H54N2O4U2V2Y2-6. The molecule has 2 saturated carbocycles. The summed E-state index contributed by atoms with van der Waals surface area (Å²) < 4.78 is 0. The van der Waals surface area contributed by atoms with Gasteiger partial charge in [-0.2, -0.15) is 11.8 Å². The Kier molecular flexibility index (Phi) is 39.9. The molecule has 4 heterocycles. The molecular weight excluding hydrogens is 1240 g/mol. The van der Waals surface area contributed by atoms with Crippen molar-refractivity contribution in [1.29, 1.82) is 0 Å². The second-order valence-corrected chi connectivity index (χ2v) is 10.0. The molecule has 6 nitrogen and oxygen atoms in total. The fourth-order valence-electron chi connectivity index (χ4n) is 6.53. The predicted molar refractivity (Wildman–Crippen MR) is 162 cm³/mol. The van der Waals surface area contributed by atoms with E-state index in [2.05, 4.69) is 49.3 Å². The number of carbonyl (C=O) groups is 2. The normalized spacial score (nSPS) is 27.6. The number of carbonyl (C=O) groups excluding carboxylic acids is 4. The third-order valence-corrected chi connectivity index (χ3v) is 7.93. The summed E-state index contributed by atoms with van der Waals surface area (Å²) in [6.07, 6.45) is 17.3. The Hall–Kier alpha value is 3.24. The van der Waals surface area contributed by atoms with Gasteiger partial charge in [-0.25, -0.2) is 0 Å². The first kappa shape index (κ1) is 60.3. The molecule has 2 saturated heterocycles. The van der Waals surface area contributed by atoms with Gasteiger partial charge >= 0.3 is 0 Å². The van der Waals surface area contributed by atoms with Crippen molar-refractivity contribution in [3.8, 4) is 0 Å². The second-order valence-electron chi connectivity index (χ2n) is 10.0. The number of Topliss-reactive ketones (excluding diaryl/α,β-unsaturated/α-hetero) is 2. The number of fused-ring (bicyclic) bond motifs is 6. The molecule has 2 aliphatic carbocycles. The molecule has 250 valence electrons. The van der Waals surface area contributed by atoms with Crippen LogP contribution in [0.25, 0.3) is 0 Å². The van der Waals surface area contributed by atoms with Crippen LogP contribution in [0.1, 0.15) is 91.4 Å². The summed E-state index contributed by atoms with van der Waals surface area (Å²) in [6, 6.07) is 0.377. The summed E-state index contributed by atoms with van der Waals surface area (Å²) in [6.45, 7) is 14.1. The molecule has 6 aliphatic rings. The van der Waals surface area contributed by atoms with E-state index in [1.54, 1.807) is 0 Å². The Morgan fingerprint density at radius 1 is 0.644 bits per heavy atom. The number of piperidine rings is 1. The average Bonchev–Trinajstić information content (AvgIpc) is 3.66. The molecule has 4 fully saturated rings. The van der Waals surface area contributed by atoms with Crippen LogP contribution < -0.4 is 0 Å². The molecule has 6 rings (SSSR count). The molecule has 0 aromatic heterocycles. The van der Waals surface area contributed by atoms with Crippen molar-refractivity contribution in [3.05, 3.63) is 48.2 Å². The summed E-state index contributed by atoms with van der Waals surface area (Å²) >= 11 is 0. The fourth-order valence-corrected chi connectivity index (χ4v) is 6.53. The van der Waals surface area contributed by atoms with Crippen LogP contribution >= 0.6 is 0 Å². The summed E-state index contributed by atoms with van der Waals surface area (Å²) in [5.41, 5.74) is 2.48. The van der Waals surface area contributed by atoms with E-state index >= 15 is 0 Å². The van der Waals surface area contributed by atoms with Gasteiger partial charge in [0.2, 0.25) is 0 Å². The molecule has 45 heavy (non-hydrogen) atoms. The molecule has 0 N–H and O–H groups in total. The standard InChI is InChI=1S/C14H16NO2.C13H14NO2.2C2H6.2CH4.2U.2V.2Y.2H2/c1-9-6-10-13(7-9)15-5-3-2-4-12(15)11(8-16)14(10)17;1-8-5-9-12(6-8)14-4-2-3-11(14)10(7-15)13(9)16;2*1-2;;;;;;;;;;/h6-7,9-10,13H,2-5H2,1H3;5-6,8-9,12H,2-4H2,1H3;2*1-2H3;2*1H4;;;;;;;2*1H/q2*-3;;;;;;;;;;;;/i;;;;;;;;;;;;2*1+2. The molecule has 0 aromatic carbocycles. The van der Waals surface area contributed by atoms with Gasteiger partial charge in [0, 0.05) is 192 Å². The van der Waals surface area contributed by atoms with Gasteiger partial charge in [0.15, 0.2) is 0 Å². The Morgan fingerprint density at radius 3 is 1.33 bits per heavy atom. The van der Waals surface area contributed by atoms with Gasteiger partial charge in [-0.15, -0.1) is 25.9 Å². The molecule has 0 aromatic rings. The first-order valence-corrected chi connectivity index (χ1v) is 14.2. The van der Waals surface area contributed by atoms with Crippen LogP contribution in [-0.2, 0) is 122 Å². The van der Waals surface area contributed by atoms with Gasteiger partial charge in [-0.3, -0.25) is 0 Å². The van der Waals surface area contributed by atoms with Gasteiger partial charge in [0.05, 0.1) is 12.6 Å². The monoisotopic (exact) mass is 1300 g/mol. The van der Waals surface area contributed by atoms with Crippen LogP contribution in [-0.4, -0.2) is 59.1 Å². The van der Waals surface area contributed by atoms with E-state index in [-0.39, 0.29) is 218 Å². The summed E-state index contributed by atoms with van der Waals surface area (Å²) in [5.74, 6) is 0.430. The van der Waals surface area contributed by atoms with Crippen molar-refractivity contribution >= 4 is 24.1 Å². The molecule has 4 radical (unpaired) electrons. The van der Waals surface area contributed by atoms with Gasteiger partial charge < -0.3 is 66.5 Å². The van der Waals surface area contributed by atoms with E-state index in [9.17, 15) is 19.2 Å². The van der Waals surface area contributed by atoms with Crippen molar-refractivity contribution in [2.75, 3.05) is 13.1 Å². The topological polar surface area (TPSA) is 74.8 Å². The first-order valence-electron chi connectivity index (χ1n) is 14.2. The Morgan fingerprint density at radius 2 is 0.978 bits per heavy atom. The molecule has 4 aliphatic heterocycles. The maximum Gasteiger partial charge on any atom is 0.0677 e. The second kappa shape index (κ2) is 29.8. The van der Waals surface area contributed by atoms with E-state index in [4.69, 9.17) is 0 Å². The number of hydrogen-bond donors (Lipinski definition) is 0. The van der Waals surface area contributed by atoms with Gasteiger partial charge in [0.25, 0.3) is 0 Å². The number of allylic oxidation sites excluding steroid dienone is 4. The zero-order valence-corrected chi connectivity index (χ0v) is 43.1. The van der Waals surface area contributed by atoms with Crippen LogP contribution in [0.3, 0.4) is 0 Å². The van der Waals surface area contributed by atoms with E-state index in [0.717, 1.165) is 56.6 Å². The Balaban J connectivity index is -0.0000000818. The maximum atomic E-state index is 12.2. The number of nitrogens with zero attached hydrogens (tertiary/aromatic N) is 2. The van der Waals surface area contributed by atoms with Crippen LogP contribution in [0.2, 0.25) is 0 Å². The zero-order chi connectivity index (χ0) is 27.3. The minimum atomic E-state index is -0.122. The van der Waals surface area contributed by atoms with Gasteiger partial charge in [-0.1, -0.05) is 84.4 Å². The van der Waals surface area contributed by atoms with Crippen LogP contribution in [0.15, 0.2) is 22.5 Å². The van der Waals surface area contributed by atoms with Crippen molar-refractivity contribution < 1.29 is 187 Å². The number of ketones is 2. The largest absolute Gasteiger partial charge is 0.454 e. The molecule has 6 atom stereocenters. The molecule has 12 heteroatoms. The fraction of sp³-hybridized carbons (Fsp3) is 0.636. The Bertz CT molecular complexity index is 983. The quantitative estimate of drug-likeness (QED) is 0.238. The minimum Gasteiger partial charge on any atom is -0.454 e. The summed E-state index contributed by atoms with van der Waals surface area (Å²) in [5, 5.41) is 0. The minimum absolute atomic E-state index is 0. The van der Waals surface area contributed by atoms with Crippen LogP contribution in [0, 0.1) is 112 Å². The van der Waals surface area contributed by atoms with E-state index in [1.807, 2.05) is 40.3 Å². The Labute approximate surface area is 400 Å². The average molecular weight is 1300 g/mol. The van der Waals surface area contributed by atoms with E-state index < -0.39 is 0 Å².